The number of benzene rings is 6. The van der Waals surface area contributed by atoms with Crippen molar-refractivity contribution in [3.63, 3.8) is 0 Å². The topological polar surface area (TPSA) is 392 Å². The molecule has 3 aliphatic rings. The van der Waals surface area contributed by atoms with E-state index in [1.165, 1.54) is 0 Å². The Balaban J connectivity index is 0.000000160. The van der Waals surface area contributed by atoms with Crippen molar-refractivity contribution in [1.82, 2.24) is 56.8 Å². The highest BCUT2D eigenvalue weighted by Crippen LogP contribution is 2.36. The molecule has 6 amide bonds. The van der Waals surface area contributed by atoms with Crippen molar-refractivity contribution in [2.45, 2.75) is 183 Å². The van der Waals surface area contributed by atoms with Gasteiger partial charge in [0.2, 0.25) is 23.6 Å². The lowest BCUT2D eigenvalue weighted by Gasteiger charge is -2.19. The Labute approximate surface area is 667 Å². The van der Waals surface area contributed by atoms with Crippen molar-refractivity contribution in [1.29, 1.82) is 0 Å². The average Bonchev–Trinajstić information content (AvgIpc) is 1.54. The predicted molar refractivity (Wildman–Crippen MR) is 443 cm³/mol. The Morgan fingerprint density at radius 2 is 0.835 bits per heavy atom. The van der Waals surface area contributed by atoms with Crippen LogP contribution in [0.2, 0.25) is 0 Å². The Morgan fingerprint density at radius 1 is 0.443 bits per heavy atom. The van der Waals surface area contributed by atoms with Gasteiger partial charge in [0.25, 0.3) is 0 Å². The van der Waals surface area contributed by atoms with Crippen molar-refractivity contribution in [2.24, 2.45) is 0 Å². The molecule has 7 heterocycles. The van der Waals surface area contributed by atoms with E-state index in [-0.39, 0.29) is 120 Å². The summed E-state index contributed by atoms with van der Waals surface area (Å²) in [5.41, 5.74) is 11.4. The molecule has 6 unspecified atom stereocenters. The van der Waals surface area contributed by atoms with Gasteiger partial charge in [-0.15, -0.1) is 0 Å². The van der Waals surface area contributed by atoms with Crippen molar-refractivity contribution < 1.29 is 73.0 Å². The first kappa shape index (κ1) is 82.7. The minimum absolute atomic E-state index is 0.0556. The van der Waals surface area contributed by atoms with Gasteiger partial charge in [-0.25, -0.2) is 4.79 Å². The summed E-state index contributed by atoms with van der Waals surface area (Å²) in [5, 5.41) is 81.5. The Kier molecular flexibility index (Phi) is 28.6. The first-order valence-corrected chi connectivity index (χ1v) is 40.8. The molecule has 1 aliphatic carbocycles. The molecule has 5 aromatic heterocycles. The molecule has 0 spiro atoms. The van der Waals surface area contributed by atoms with Crippen LogP contribution in [0.15, 0.2) is 146 Å². The molecule has 2 aliphatic heterocycles. The molecular formula is C88H101F2N11O13S. The van der Waals surface area contributed by atoms with E-state index in [4.69, 9.17) is 0 Å². The average molecular weight is 1590 g/mol. The minimum Gasteiger partial charge on any atom is -0.508 e. The zero-order valence-corrected chi connectivity index (χ0v) is 64.9. The molecule has 6 atom stereocenters. The third-order valence-electron chi connectivity index (χ3n) is 21.7. The van der Waals surface area contributed by atoms with Gasteiger partial charge in [0, 0.05) is 142 Å². The van der Waals surface area contributed by atoms with Crippen LogP contribution in [-0.2, 0) is 67.3 Å². The smallest absolute Gasteiger partial charge is 0.315 e. The molecule has 2 fully saturated rings. The largest absolute Gasteiger partial charge is 0.508 e. The Bertz CT molecular complexity index is 5070. The first-order chi connectivity index (χ1) is 55.7. The second kappa shape index (κ2) is 39.8. The quantitative estimate of drug-likeness (QED) is 0.0126. The number of allylic oxidation sites excluding steroid dienone is 1. The maximum absolute atomic E-state index is 13.4. The van der Waals surface area contributed by atoms with Gasteiger partial charge in [-0.3, -0.25) is 37.5 Å². The Hall–Kier alpha value is -11.7. The number of phenolic OH excluding ortho intramolecular Hbond substituents is 6. The number of phenols is 6. The highest BCUT2D eigenvalue weighted by molar-refractivity contribution is 8.00. The molecule has 0 bridgehead atoms. The highest BCUT2D eigenvalue weighted by atomic mass is 32.2. The van der Waals surface area contributed by atoms with Gasteiger partial charge in [-0.1, -0.05) is 57.1 Å². The van der Waals surface area contributed by atoms with E-state index in [0.717, 1.165) is 163 Å². The maximum atomic E-state index is 13.4. The van der Waals surface area contributed by atoms with Crippen LogP contribution in [0.25, 0.3) is 60.1 Å². The van der Waals surface area contributed by atoms with Crippen LogP contribution >= 0.6 is 11.8 Å². The number of thioether (sulfide) groups is 1. The maximum Gasteiger partial charge on any atom is 0.315 e. The SMILES string of the molecule is O=C(CCCCC1SCC2NC(=O)NC21)NC(Cc1c[nH]c2ccc(O)cc12)C(=O)NCCC1=CCc2ccc(O)cc21.O=C(Cc1c[nH]c2ccc(O)cc12)NC(Cc1c[nH]c2ccc(O)cc12)C(=O)CCCCCCCF.O=C(Cc1c[nH]c2ccc(O)cc12)NC(Cc1c[nH]c2ccc(O)cc12)C(=O)CCCCCCC[18F]. The molecule has 6 aromatic carbocycles. The van der Waals surface area contributed by atoms with E-state index in [0.29, 0.717) is 82.4 Å². The fourth-order valence-electron chi connectivity index (χ4n) is 15.6. The van der Waals surface area contributed by atoms with Crippen molar-refractivity contribution >= 4 is 113 Å². The van der Waals surface area contributed by atoms with E-state index in [2.05, 4.69) is 62.9 Å². The first-order valence-electron chi connectivity index (χ1n) is 39.7. The molecule has 24 nitrogen and oxygen atoms in total. The number of unbranched alkanes of at least 4 members (excludes halogenated alkanes) is 9. The second-order valence-corrected chi connectivity index (χ2v) is 31.3. The fourth-order valence-corrected chi connectivity index (χ4v) is 17.2. The summed E-state index contributed by atoms with van der Waals surface area (Å²) in [6.45, 7) is -0.236. The lowest BCUT2D eigenvalue weighted by Crippen LogP contribution is -2.48. The van der Waals surface area contributed by atoms with E-state index >= 15 is 0 Å². The number of aromatic nitrogens is 5. The van der Waals surface area contributed by atoms with Crippen molar-refractivity contribution in [2.75, 3.05) is 25.6 Å². The summed E-state index contributed by atoms with van der Waals surface area (Å²) >= 11 is 1.86. The lowest BCUT2D eigenvalue weighted by atomic mass is 9.97. The molecule has 0 radical (unpaired) electrons. The summed E-state index contributed by atoms with van der Waals surface area (Å²) in [6, 6.07) is 28.3. The summed E-state index contributed by atoms with van der Waals surface area (Å²) < 4.78 is 24.6. The third-order valence-corrected chi connectivity index (χ3v) is 23.2. The number of hydrogen-bond acceptors (Lipinski definition) is 14. The van der Waals surface area contributed by atoms with Gasteiger partial charge in [0.1, 0.15) is 40.5 Å². The number of fused-ring (bicyclic) bond motifs is 7. The van der Waals surface area contributed by atoms with Crippen LogP contribution in [0.4, 0.5) is 13.6 Å². The van der Waals surface area contributed by atoms with Crippen molar-refractivity contribution in [3.8, 4) is 34.5 Å². The Morgan fingerprint density at radius 3 is 1.30 bits per heavy atom. The number of aromatic hydroxyl groups is 6. The number of amides is 6. The summed E-state index contributed by atoms with van der Waals surface area (Å²) in [4.78, 5) is 106. The van der Waals surface area contributed by atoms with Crippen LogP contribution < -0.4 is 31.9 Å². The monoisotopic (exact) mass is 1590 g/mol. The van der Waals surface area contributed by atoms with Crippen LogP contribution in [-0.4, -0.2) is 158 Å². The van der Waals surface area contributed by atoms with Gasteiger partial charge in [-0.05, 0) is 199 Å². The molecule has 2 saturated heterocycles. The number of hydrogen-bond donors (Lipinski definition) is 17. The van der Waals surface area contributed by atoms with E-state index in [1.807, 2.05) is 24.0 Å². The van der Waals surface area contributed by atoms with E-state index in [1.54, 1.807) is 128 Å². The number of carbonyl (C=O) groups is 7. The molecule has 17 N–H and O–H groups in total. The zero-order chi connectivity index (χ0) is 80.9. The van der Waals surface area contributed by atoms with Gasteiger partial charge >= 0.3 is 6.03 Å². The standard InChI is InChI=1S/C32H37N5O5S.2C28H32FN3O4/c38-21-8-7-18-5-6-19(23(18)14-21)11-12-33-31(41)26(13-20-16-34-25-10-9-22(39)15-24(20)25)35-29(40)4-2-1-3-28-30-27(17-43-28)36-32(42)37-30;2*29-11-5-3-1-2-4-6-27(35)26(12-18-16-30-24-9-7-20(33)14-22(18)24)32-28(36)13-19-17-31-25-10-8-21(34)15-23(19)25/h6-10,14-16,26-28,30,34,38-39H,1-5,11-13,17H2,(H,33,41)(H,35,40)(H2,36,37,42);2*7-10,14-17,26,30-31,33-34H,1-6,11-13H2,(H,32,36)/i;29-1;. The molecule has 115 heavy (non-hydrogen) atoms. The number of ketones is 2. The second-order valence-electron chi connectivity index (χ2n) is 30.1. The van der Waals surface area contributed by atoms with Crippen LogP contribution in [0, 0.1) is 0 Å². The molecule has 11 aromatic rings. The summed E-state index contributed by atoms with van der Waals surface area (Å²) in [7, 11) is 0. The number of nitrogens with one attached hydrogen (secondary N) is 11. The summed E-state index contributed by atoms with van der Waals surface area (Å²) in [5.74, 6) is 0.615. The van der Waals surface area contributed by atoms with Crippen LogP contribution in [0.3, 0.4) is 0 Å². The zero-order valence-electron chi connectivity index (χ0n) is 64.1. The molecular weight excluding hydrogens is 1490 g/mol. The van der Waals surface area contributed by atoms with Gasteiger partial charge in [0.05, 0.1) is 50.4 Å². The molecule has 0 saturated carbocycles. The number of H-pyrrole nitrogens is 5. The number of Topliss-reactive ketones (excluding diaryl/α,β-unsaturated/α-hetero) is 2. The molecule has 606 valence electrons. The van der Waals surface area contributed by atoms with Gasteiger partial charge in [-0.2, -0.15) is 11.8 Å². The highest BCUT2D eigenvalue weighted by Gasteiger charge is 2.42. The predicted octanol–water partition coefficient (Wildman–Crippen LogP) is 13.9. The van der Waals surface area contributed by atoms with E-state index < -0.39 is 18.1 Å². The number of halogens is 2. The number of urea groups is 1. The van der Waals surface area contributed by atoms with Gasteiger partial charge in [0.15, 0.2) is 11.6 Å². The normalized spacial score (nSPS) is 15.5. The minimum atomic E-state index is -0.784. The third kappa shape index (κ3) is 22.4. The van der Waals surface area contributed by atoms with Crippen LogP contribution in [0.1, 0.15) is 148 Å². The van der Waals surface area contributed by atoms with Crippen molar-refractivity contribution in [3.05, 3.63) is 185 Å². The molecule has 27 heteroatoms. The number of carbonyl (C=O) groups excluding carboxylic acids is 7. The summed E-state index contributed by atoms with van der Waals surface area (Å²) in [6.07, 6.45) is 24.4. The fraction of sp³-hybridized carbons (Fsp3) is 0.375. The molecule has 14 rings (SSSR count). The van der Waals surface area contributed by atoms with Crippen LogP contribution in [0.5, 0.6) is 34.5 Å². The number of rotatable bonds is 38. The lowest BCUT2D eigenvalue weighted by molar-refractivity contribution is -0.129. The van der Waals surface area contributed by atoms with Gasteiger partial charge < -0.3 is 87.5 Å². The van der Waals surface area contributed by atoms with E-state index in [9.17, 15) is 73.0 Å². The number of alkyl halides is 2. The number of aromatic amines is 5.